The Morgan fingerprint density at radius 1 is 0.963 bits per heavy atom. The van der Waals surface area contributed by atoms with Gasteiger partial charge in [-0.25, -0.2) is 8.42 Å². The summed E-state index contributed by atoms with van der Waals surface area (Å²) in [4.78, 5) is 12.4. The number of nitrogens with zero attached hydrogens (tertiary/aromatic N) is 1. The first-order chi connectivity index (χ1) is 12.9. The van der Waals surface area contributed by atoms with E-state index in [1.54, 1.807) is 32.0 Å². The lowest BCUT2D eigenvalue weighted by molar-refractivity contribution is -0.116. The van der Waals surface area contributed by atoms with Gasteiger partial charge in [0.15, 0.2) is 0 Å². The van der Waals surface area contributed by atoms with E-state index >= 15 is 0 Å². The first-order valence-electron chi connectivity index (χ1n) is 9.38. The van der Waals surface area contributed by atoms with Gasteiger partial charge in [0.05, 0.1) is 4.90 Å². The average molecular weight is 389 g/mol. The zero-order chi connectivity index (χ0) is 19.9. The summed E-state index contributed by atoms with van der Waals surface area (Å²) >= 11 is 0. The van der Waals surface area contributed by atoms with Crippen molar-refractivity contribution in [3.63, 3.8) is 0 Å². The van der Waals surface area contributed by atoms with E-state index in [2.05, 4.69) is 24.4 Å². The van der Waals surface area contributed by atoms with Crippen molar-refractivity contribution in [3.05, 3.63) is 59.7 Å². The van der Waals surface area contributed by atoms with Gasteiger partial charge in [-0.2, -0.15) is 4.31 Å². The number of sulfonamides is 1. The Balaban J connectivity index is 2.01. The quantitative estimate of drug-likeness (QED) is 0.709. The van der Waals surface area contributed by atoms with Crippen LogP contribution in [0.1, 0.15) is 38.3 Å². The Morgan fingerprint density at radius 2 is 1.59 bits per heavy atom. The van der Waals surface area contributed by atoms with Gasteiger partial charge < -0.3 is 5.32 Å². The number of hydrogen-bond donors (Lipinski definition) is 1. The highest BCUT2D eigenvalue weighted by Gasteiger charge is 2.21. The average Bonchev–Trinajstić information content (AvgIpc) is 2.67. The minimum absolute atomic E-state index is 0.132. The normalized spacial score (nSPS) is 11.6. The molecule has 1 N–H and O–H groups in total. The molecule has 0 saturated heterocycles. The van der Waals surface area contributed by atoms with Gasteiger partial charge in [-0.15, -0.1) is 0 Å². The summed E-state index contributed by atoms with van der Waals surface area (Å²) in [5.41, 5.74) is 2.88. The number of carbonyl (C=O) groups is 1. The molecule has 0 spiro atoms. The third-order valence-corrected chi connectivity index (χ3v) is 6.58. The van der Waals surface area contributed by atoms with Crippen LogP contribution in [0.4, 0.5) is 5.69 Å². The first kappa shape index (κ1) is 21.1. The van der Waals surface area contributed by atoms with Gasteiger partial charge in [0.1, 0.15) is 0 Å². The molecule has 6 heteroatoms. The molecule has 2 aromatic rings. The van der Waals surface area contributed by atoms with E-state index in [0.717, 1.165) is 12.0 Å². The Labute approximate surface area is 162 Å². The van der Waals surface area contributed by atoms with E-state index in [0.29, 0.717) is 31.6 Å². The Morgan fingerprint density at radius 3 is 2.19 bits per heavy atom. The van der Waals surface area contributed by atoms with E-state index in [9.17, 15) is 13.2 Å². The highest BCUT2D eigenvalue weighted by atomic mass is 32.2. The van der Waals surface area contributed by atoms with Gasteiger partial charge in [-0.05, 0) is 42.2 Å². The molecule has 0 radical (unpaired) electrons. The van der Waals surface area contributed by atoms with E-state index in [-0.39, 0.29) is 10.8 Å². The van der Waals surface area contributed by atoms with Gasteiger partial charge in [-0.3, -0.25) is 4.79 Å². The molecule has 27 heavy (non-hydrogen) atoms. The standard InChI is InChI=1S/C21H28N2O3S/c1-4-17-10-12-18(13-11-17)14-15-21(24)22-19-8-7-9-20(16-19)27(25,26)23(5-2)6-3/h7-13,16H,4-6,14-15H2,1-3H3,(H,22,24). The maximum atomic E-state index is 12.6. The minimum Gasteiger partial charge on any atom is -0.326 e. The third-order valence-electron chi connectivity index (χ3n) is 4.53. The molecule has 146 valence electrons. The van der Waals surface area contributed by atoms with Crippen LogP contribution < -0.4 is 5.32 Å². The van der Waals surface area contributed by atoms with Crippen LogP contribution in [-0.2, 0) is 27.7 Å². The molecular formula is C21H28N2O3S. The van der Waals surface area contributed by atoms with Crippen molar-refractivity contribution in [2.75, 3.05) is 18.4 Å². The monoisotopic (exact) mass is 388 g/mol. The molecule has 0 aromatic heterocycles. The number of benzene rings is 2. The van der Waals surface area contributed by atoms with Gasteiger partial charge in [0.2, 0.25) is 15.9 Å². The fourth-order valence-corrected chi connectivity index (χ4v) is 4.37. The number of hydrogen-bond acceptors (Lipinski definition) is 3. The van der Waals surface area contributed by atoms with Crippen LogP contribution >= 0.6 is 0 Å². The maximum absolute atomic E-state index is 12.6. The number of aryl methyl sites for hydroxylation is 2. The number of carbonyl (C=O) groups excluding carboxylic acids is 1. The molecule has 0 bridgehead atoms. The molecule has 0 aliphatic carbocycles. The summed E-state index contributed by atoms with van der Waals surface area (Å²) in [7, 11) is -3.54. The Hall–Kier alpha value is -2.18. The predicted molar refractivity (Wildman–Crippen MR) is 109 cm³/mol. The lowest BCUT2D eigenvalue weighted by atomic mass is 10.1. The van der Waals surface area contributed by atoms with Crippen molar-refractivity contribution >= 4 is 21.6 Å². The Bertz CT molecular complexity index is 857. The van der Waals surface area contributed by atoms with Crippen LogP contribution in [0.15, 0.2) is 53.4 Å². The third kappa shape index (κ3) is 5.65. The van der Waals surface area contributed by atoms with E-state index in [1.165, 1.54) is 15.9 Å². The van der Waals surface area contributed by atoms with E-state index in [1.807, 2.05) is 12.1 Å². The molecule has 0 unspecified atom stereocenters. The molecule has 0 fully saturated rings. The molecule has 0 saturated carbocycles. The van der Waals surface area contributed by atoms with Crippen LogP contribution in [0.5, 0.6) is 0 Å². The van der Waals surface area contributed by atoms with Gasteiger partial charge >= 0.3 is 0 Å². The first-order valence-corrected chi connectivity index (χ1v) is 10.8. The molecule has 0 aliphatic rings. The molecule has 5 nitrogen and oxygen atoms in total. The van der Waals surface area contributed by atoms with Crippen molar-refractivity contribution in [2.45, 2.75) is 44.9 Å². The minimum atomic E-state index is -3.54. The summed E-state index contributed by atoms with van der Waals surface area (Å²) in [5, 5.41) is 2.80. The van der Waals surface area contributed by atoms with Crippen molar-refractivity contribution < 1.29 is 13.2 Å². The molecule has 0 atom stereocenters. The zero-order valence-electron chi connectivity index (χ0n) is 16.2. The molecule has 1 amide bonds. The summed E-state index contributed by atoms with van der Waals surface area (Å²) in [5.74, 6) is -0.132. The van der Waals surface area contributed by atoms with Crippen LogP contribution in [0.3, 0.4) is 0 Å². The van der Waals surface area contributed by atoms with Crippen molar-refractivity contribution in [1.82, 2.24) is 4.31 Å². The van der Waals surface area contributed by atoms with E-state index < -0.39 is 10.0 Å². The summed E-state index contributed by atoms with van der Waals surface area (Å²) in [6.45, 7) is 6.54. The van der Waals surface area contributed by atoms with Gasteiger partial charge in [-0.1, -0.05) is 51.1 Å². The van der Waals surface area contributed by atoms with Crippen molar-refractivity contribution in [2.24, 2.45) is 0 Å². The number of rotatable bonds is 9. The highest BCUT2D eigenvalue weighted by Crippen LogP contribution is 2.20. The largest absolute Gasteiger partial charge is 0.326 e. The second-order valence-electron chi connectivity index (χ2n) is 6.34. The molecule has 2 aromatic carbocycles. The topological polar surface area (TPSA) is 66.5 Å². The van der Waals surface area contributed by atoms with Crippen LogP contribution in [0.25, 0.3) is 0 Å². The van der Waals surface area contributed by atoms with Crippen LogP contribution in [0, 0.1) is 0 Å². The number of amides is 1. The fourth-order valence-electron chi connectivity index (χ4n) is 2.87. The second kappa shape index (κ2) is 9.67. The zero-order valence-corrected chi connectivity index (χ0v) is 17.1. The van der Waals surface area contributed by atoms with Crippen molar-refractivity contribution in [3.8, 4) is 0 Å². The molecule has 0 heterocycles. The van der Waals surface area contributed by atoms with Gasteiger partial charge in [0, 0.05) is 25.2 Å². The SMILES string of the molecule is CCc1ccc(CCC(=O)Nc2cccc(S(=O)(=O)N(CC)CC)c2)cc1. The number of nitrogens with one attached hydrogen (secondary N) is 1. The second-order valence-corrected chi connectivity index (χ2v) is 8.27. The number of anilines is 1. The highest BCUT2D eigenvalue weighted by molar-refractivity contribution is 7.89. The smallest absolute Gasteiger partial charge is 0.243 e. The van der Waals surface area contributed by atoms with Gasteiger partial charge in [0.25, 0.3) is 0 Å². The molecule has 2 rings (SSSR count). The van der Waals surface area contributed by atoms with Crippen molar-refractivity contribution in [1.29, 1.82) is 0 Å². The summed E-state index contributed by atoms with van der Waals surface area (Å²) in [6, 6.07) is 14.7. The predicted octanol–water partition coefficient (Wildman–Crippen LogP) is 3.85. The van der Waals surface area contributed by atoms with E-state index in [4.69, 9.17) is 0 Å². The fraction of sp³-hybridized carbons (Fsp3) is 0.381. The van der Waals surface area contributed by atoms with Crippen LogP contribution in [0.2, 0.25) is 0 Å². The van der Waals surface area contributed by atoms with Crippen LogP contribution in [-0.4, -0.2) is 31.7 Å². The molecular weight excluding hydrogens is 360 g/mol. The Kier molecular flexibility index (Phi) is 7.56. The lowest BCUT2D eigenvalue weighted by Crippen LogP contribution is -2.30. The summed E-state index contributed by atoms with van der Waals surface area (Å²) in [6.07, 6.45) is 1.99. The lowest BCUT2D eigenvalue weighted by Gasteiger charge is -2.18. The molecule has 0 aliphatic heterocycles. The maximum Gasteiger partial charge on any atom is 0.243 e. The summed E-state index contributed by atoms with van der Waals surface area (Å²) < 4.78 is 26.6.